The van der Waals surface area contributed by atoms with Gasteiger partial charge in [0, 0.05) is 11.0 Å². The molecule has 4 rings (SSSR count). The van der Waals surface area contributed by atoms with Crippen molar-refractivity contribution < 1.29 is 14.4 Å². The van der Waals surface area contributed by atoms with E-state index >= 15 is 0 Å². The van der Waals surface area contributed by atoms with Gasteiger partial charge in [-0.05, 0) is 42.3 Å². The molecule has 1 unspecified atom stereocenters. The molecule has 3 aromatic carbocycles. The van der Waals surface area contributed by atoms with Crippen LogP contribution in [0.4, 0.5) is 5.69 Å². The summed E-state index contributed by atoms with van der Waals surface area (Å²) in [6.07, 6.45) is 0.143. The summed E-state index contributed by atoms with van der Waals surface area (Å²) < 4.78 is 0.857. The number of imide groups is 1. The molecule has 0 spiro atoms. The summed E-state index contributed by atoms with van der Waals surface area (Å²) in [6, 6.07) is 23.5. The van der Waals surface area contributed by atoms with E-state index in [1.165, 1.54) is 4.90 Å². The number of aryl methyl sites for hydroxylation is 1. The first-order chi connectivity index (χ1) is 15.4. The summed E-state index contributed by atoms with van der Waals surface area (Å²) in [7, 11) is 0. The summed E-state index contributed by atoms with van der Waals surface area (Å²) in [6.45, 7) is 2.27. The molecule has 3 amide bonds. The maximum Gasteiger partial charge on any atom is 0.257 e. The molecule has 0 saturated carbocycles. The number of halogens is 1. The van der Waals surface area contributed by atoms with Crippen molar-refractivity contribution in [2.75, 3.05) is 4.90 Å². The third-order valence-electron chi connectivity index (χ3n) is 5.58. The molecular formula is C26H23BrN2O3. The number of amides is 3. The zero-order valence-corrected chi connectivity index (χ0v) is 19.3. The van der Waals surface area contributed by atoms with Gasteiger partial charge in [-0.1, -0.05) is 76.1 Å². The number of hydrogen-bond donors (Lipinski definition) is 0. The highest BCUT2D eigenvalue weighted by Crippen LogP contribution is 2.28. The Labute approximate surface area is 195 Å². The lowest BCUT2D eigenvalue weighted by molar-refractivity contribution is -0.138. The van der Waals surface area contributed by atoms with Crippen LogP contribution in [0.1, 0.15) is 23.1 Å². The van der Waals surface area contributed by atoms with Crippen molar-refractivity contribution in [3.05, 3.63) is 100 Å². The molecule has 6 heteroatoms. The highest BCUT2D eigenvalue weighted by Gasteiger charge is 2.44. The van der Waals surface area contributed by atoms with Gasteiger partial charge in [-0.15, -0.1) is 0 Å². The van der Waals surface area contributed by atoms with E-state index in [9.17, 15) is 14.4 Å². The lowest BCUT2D eigenvalue weighted by Crippen LogP contribution is -2.45. The molecule has 32 heavy (non-hydrogen) atoms. The molecule has 1 atom stereocenters. The molecule has 0 N–H and O–H groups in total. The third kappa shape index (κ3) is 4.81. The number of benzene rings is 3. The predicted octanol–water partition coefficient (Wildman–Crippen LogP) is 4.66. The van der Waals surface area contributed by atoms with E-state index in [4.69, 9.17) is 0 Å². The molecule has 0 bridgehead atoms. The Morgan fingerprint density at radius 2 is 1.59 bits per heavy atom. The summed E-state index contributed by atoms with van der Waals surface area (Å²) in [5, 5.41) is 0. The predicted molar refractivity (Wildman–Crippen MR) is 127 cm³/mol. The van der Waals surface area contributed by atoms with Crippen LogP contribution in [0.25, 0.3) is 0 Å². The van der Waals surface area contributed by atoms with E-state index in [0.29, 0.717) is 5.69 Å². The smallest absolute Gasteiger partial charge is 0.257 e. The second kappa shape index (κ2) is 9.49. The lowest BCUT2D eigenvalue weighted by Gasteiger charge is -2.28. The van der Waals surface area contributed by atoms with Gasteiger partial charge in [0.15, 0.2) is 0 Å². The maximum atomic E-state index is 13.3. The van der Waals surface area contributed by atoms with Gasteiger partial charge in [0.25, 0.3) is 5.91 Å². The van der Waals surface area contributed by atoms with Crippen molar-refractivity contribution in [1.29, 1.82) is 0 Å². The number of rotatable bonds is 6. The van der Waals surface area contributed by atoms with E-state index < -0.39 is 6.04 Å². The van der Waals surface area contributed by atoms with Gasteiger partial charge in [-0.2, -0.15) is 0 Å². The van der Waals surface area contributed by atoms with Crippen LogP contribution in [-0.4, -0.2) is 28.7 Å². The quantitative estimate of drug-likeness (QED) is 0.472. The molecule has 1 aliphatic heterocycles. The Kier molecular flexibility index (Phi) is 6.51. The van der Waals surface area contributed by atoms with Gasteiger partial charge in [0.1, 0.15) is 6.04 Å². The van der Waals surface area contributed by atoms with Gasteiger partial charge < -0.3 is 4.90 Å². The summed E-state index contributed by atoms with van der Waals surface area (Å²) in [4.78, 5) is 42.3. The van der Waals surface area contributed by atoms with Crippen molar-refractivity contribution in [2.45, 2.75) is 32.4 Å². The molecule has 3 aromatic rings. The fourth-order valence-electron chi connectivity index (χ4n) is 3.86. The van der Waals surface area contributed by atoms with Crippen molar-refractivity contribution in [1.82, 2.24) is 4.90 Å². The minimum absolute atomic E-state index is 0.0265. The fraction of sp³-hybridized carbons (Fsp3) is 0.192. The van der Waals surface area contributed by atoms with Crippen LogP contribution in [0.2, 0.25) is 0 Å². The van der Waals surface area contributed by atoms with Gasteiger partial charge in [-0.3, -0.25) is 14.4 Å². The van der Waals surface area contributed by atoms with Crippen molar-refractivity contribution in [3.63, 3.8) is 0 Å². The van der Waals surface area contributed by atoms with Gasteiger partial charge >= 0.3 is 0 Å². The molecule has 0 radical (unpaired) electrons. The van der Waals surface area contributed by atoms with Crippen molar-refractivity contribution in [2.24, 2.45) is 0 Å². The van der Waals surface area contributed by atoms with E-state index in [-0.39, 0.29) is 37.1 Å². The van der Waals surface area contributed by atoms with Crippen LogP contribution in [0.3, 0.4) is 0 Å². The van der Waals surface area contributed by atoms with Gasteiger partial charge in [0.05, 0.1) is 18.5 Å². The first-order valence-corrected chi connectivity index (χ1v) is 11.2. The highest BCUT2D eigenvalue weighted by molar-refractivity contribution is 9.10. The highest BCUT2D eigenvalue weighted by atomic mass is 79.9. The molecule has 1 saturated heterocycles. The van der Waals surface area contributed by atoms with E-state index in [0.717, 1.165) is 21.2 Å². The number of carbonyl (C=O) groups excluding carboxylic acids is 3. The zero-order valence-electron chi connectivity index (χ0n) is 17.7. The van der Waals surface area contributed by atoms with Crippen LogP contribution in [0.15, 0.2) is 83.3 Å². The monoisotopic (exact) mass is 490 g/mol. The molecule has 0 aliphatic carbocycles. The van der Waals surface area contributed by atoms with Gasteiger partial charge in [-0.25, -0.2) is 4.90 Å². The topological polar surface area (TPSA) is 57.7 Å². The van der Waals surface area contributed by atoms with E-state index in [1.807, 2.05) is 61.5 Å². The molecular weight excluding hydrogens is 468 g/mol. The van der Waals surface area contributed by atoms with Crippen molar-refractivity contribution >= 4 is 39.3 Å². The SMILES string of the molecule is Cc1ccc(CN(C(=O)Cc2ccccc2)C2CC(=O)N(c3ccc(Br)cc3)C2=O)cc1. The Hall–Kier alpha value is -3.25. The minimum Gasteiger partial charge on any atom is -0.325 e. The summed E-state index contributed by atoms with van der Waals surface area (Å²) in [5.74, 6) is -0.852. The number of nitrogens with zero attached hydrogens (tertiary/aromatic N) is 2. The molecule has 1 aliphatic rings. The van der Waals surface area contributed by atoms with Crippen LogP contribution in [0, 0.1) is 6.92 Å². The number of hydrogen-bond acceptors (Lipinski definition) is 3. The summed E-state index contributed by atoms with van der Waals surface area (Å²) in [5.41, 5.74) is 3.41. The molecule has 1 heterocycles. The molecule has 162 valence electrons. The molecule has 0 aromatic heterocycles. The fourth-order valence-corrected chi connectivity index (χ4v) is 4.12. The van der Waals surface area contributed by atoms with Crippen LogP contribution >= 0.6 is 15.9 Å². The Balaban J connectivity index is 1.63. The third-order valence-corrected chi connectivity index (χ3v) is 6.10. The maximum absolute atomic E-state index is 13.3. The van der Waals surface area contributed by atoms with Crippen LogP contribution in [-0.2, 0) is 27.3 Å². The number of carbonyl (C=O) groups is 3. The lowest BCUT2D eigenvalue weighted by atomic mass is 10.1. The van der Waals surface area contributed by atoms with Gasteiger partial charge in [0.2, 0.25) is 11.8 Å². The normalized spacial score (nSPS) is 15.8. The van der Waals surface area contributed by atoms with Crippen molar-refractivity contribution in [3.8, 4) is 0 Å². The minimum atomic E-state index is -0.830. The average molecular weight is 491 g/mol. The second-order valence-electron chi connectivity index (χ2n) is 7.93. The Morgan fingerprint density at radius 3 is 2.25 bits per heavy atom. The first-order valence-electron chi connectivity index (χ1n) is 10.4. The Bertz CT molecular complexity index is 1130. The zero-order chi connectivity index (χ0) is 22.7. The largest absolute Gasteiger partial charge is 0.325 e. The molecule has 1 fully saturated rings. The standard InChI is InChI=1S/C26H23BrN2O3/c1-18-7-9-20(10-8-18)17-28(24(30)15-19-5-3-2-4-6-19)23-16-25(31)29(26(23)32)22-13-11-21(27)12-14-22/h2-14,23H,15-17H2,1H3. The van der Waals surface area contributed by atoms with Crippen LogP contribution in [0.5, 0.6) is 0 Å². The Morgan fingerprint density at radius 1 is 0.938 bits per heavy atom. The average Bonchev–Trinajstić information content (AvgIpc) is 3.08. The first kappa shape index (κ1) is 22.0. The van der Waals surface area contributed by atoms with E-state index in [1.54, 1.807) is 29.2 Å². The van der Waals surface area contributed by atoms with E-state index in [2.05, 4.69) is 15.9 Å². The summed E-state index contributed by atoms with van der Waals surface area (Å²) >= 11 is 3.37. The molecule has 5 nitrogen and oxygen atoms in total. The number of anilines is 1. The van der Waals surface area contributed by atoms with Crippen LogP contribution < -0.4 is 4.90 Å². The second-order valence-corrected chi connectivity index (χ2v) is 8.85.